The van der Waals surface area contributed by atoms with Crippen LogP contribution in [0.25, 0.3) is 0 Å². The molecule has 0 aliphatic carbocycles. The molecule has 0 spiro atoms. The van der Waals surface area contributed by atoms with Gasteiger partial charge in [0.1, 0.15) is 5.69 Å². The SMILES string of the molecule is CN(C)CC1CCCN1C(=O)c1ccc(C#CCN)cn1. The molecule has 21 heavy (non-hydrogen) atoms. The van der Waals surface area contributed by atoms with Gasteiger partial charge in [0.2, 0.25) is 0 Å². The number of pyridine rings is 1. The molecule has 1 aliphatic heterocycles. The normalized spacial score (nSPS) is 17.7. The van der Waals surface area contributed by atoms with Crippen LogP contribution in [-0.2, 0) is 0 Å². The fourth-order valence-electron chi connectivity index (χ4n) is 2.61. The van der Waals surface area contributed by atoms with E-state index in [1.54, 1.807) is 12.3 Å². The maximum Gasteiger partial charge on any atom is 0.272 e. The summed E-state index contributed by atoms with van der Waals surface area (Å²) in [5, 5.41) is 0. The van der Waals surface area contributed by atoms with Crippen molar-refractivity contribution in [3.8, 4) is 11.8 Å². The third-order valence-electron chi connectivity index (χ3n) is 3.53. The maximum atomic E-state index is 12.6. The number of hydrogen-bond acceptors (Lipinski definition) is 4. The highest BCUT2D eigenvalue weighted by atomic mass is 16.2. The van der Waals surface area contributed by atoms with Crippen molar-refractivity contribution in [2.75, 3.05) is 33.7 Å². The Bertz CT molecular complexity index is 542. The summed E-state index contributed by atoms with van der Waals surface area (Å²) in [6.45, 7) is 2.03. The molecule has 0 saturated carbocycles. The van der Waals surface area contributed by atoms with Gasteiger partial charge < -0.3 is 15.5 Å². The van der Waals surface area contributed by atoms with Crippen molar-refractivity contribution in [1.29, 1.82) is 0 Å². The van der Waals surface area contributed by atoms with E-state index in [1.807, 2.05) is 25.1 Å². The Morgan fingerprint density at radius 2 is 2.33 bits per heavy atom. The van der Waals surface area contributed by atoms with E-state index < -0.39 is 0 Å². The Kier molecular flexibility index (Phi) is 5.32. The van der Waals surface area contributed by atoms with Gasteiger partial charge in [0.15, 0.2) is 0 Å². The molecule has 5 nitrogen and oxygen atoms in total. The number of carbonyl (C=O) groups excluding carboxylic acids is 1. The minimum absolute atomic E-state index is 0.0117. The molecular weight excluding hydrogens is 264 g/mol. The molecule has 0 aromatic carbocycles. The highest BCUT2D eigenvalue weighted by molar-refractivity contribution is 5.92. The van der Waals surface area contributed by atoms with Gasteiger partial charge in [-0.15, -0.1) is 0 Å². The molecule has 2 N–H and O–H groups in total. The van der Waals surface area contributed by atoms with Crippen LogP contribution in [-0.4, -0.2) is 60.5 Å². The summed E-state index contributed by atoms with van der Waals surface area (Å²) in [5.41, 5.74) is 6.60. The molecule has 0 radical (unpaired) electrons. The van der Waals surface area contributed by atoms with Crippen LogP contribution in [0, 0.1) is 11.8 Å². The zero-order valence-electron chi connectivity index (χ0n) is 12.7. The third-order valence-corrected chi connectivity index (χ3v) is 3.53. The predicted octanol–water partition coefficient (Wildman–Crippen LogP) is 0.558. The molecule has 1 fully saturated rings. The van der Waals surface area contributed by atoms with E-state index in [4.69, 9.17) is 5.73 Å². The second-order valence-electron chi connectivity index (χ2n) is 5.49. The molecule has 1 unspecified atom stereocenters. The molecule has 1 amide bonds. The summed E-state index contributed by atoms with van der Waals surface area (Å²) < 4.78 is 0. The van der Waals surface area contributed by atoms with Crippen molar-refractivity contribution in [1.82, 2.24) is 14.8 Å². The van der Waals surface area contributed by atoms with Gasteiger partial charge in [0.25, 0.3) is 5.91 Å². The van der Waals surface area contributed by atoms with E-state index in [9.17, 15) is 4.79 Å². The first-order valence-corrected chi connectivity index (χ1v) is 7.22. The summed E-state index contributed by atoms with van der Waals surface area (Å²) in [7, 11) is 4.06. The zero-order valence-corrected chi connectivity index (χ0v) is 12.7. The molecule has 0 bridgehead atoms. The molecule has 1 aromatic rings. The van der Waals surface area contributed by atoms with Gasteiger partial charge in [-0.05, 0) is 39.1 Å². The molecule has 2 heterocycles. The summed E-state index contributed by atoms with van der Waals surface area (Å²) >= 11 is 0. The zero-order chi connectivity index (χ0) is 15.2. The Morgan fingerprint density at radius 1 is 1.52 bits per heavy atom. The lowest BCUT2D eigenvalue weighted by Crippen LogP contribution is -2.41. The number of hydrogen-bond donors (Lipinski definition) is 1. The van der Waals surface area contributed by atoms with Gasteiger partial charge >= 0.3 is 0 Å². The molecule has 1 aliphatic rings. The maximum absolute atomic E-state index is 12.6. The summed E-state index contributed by atoms with van der Waals surface area (Å²) in [4.78, 5) is 20.9. The van der Waals surface area contributed by atoms with Crippen molar-refractivity contribution >= 4 is 5.91 Å². The number of likely N-dealkylation sites (N-methyl/N-ethyl adjacent to an activating group) is 1. The number of amides is 1. The molecule has 1 atom stereocenters. The topological polar surface area (TPSA) is 62.5 Å². The second-order valence-corrected chi connectivity index (χ2v) is 5.49. The molecule has 1 saturated heterocycles. The van der Waals surface area contributed by atoms with Gasteiger partial charge in [-0.1, -0.05) is 11.8 Å². The van der Waals surface area contributed by atoms with E-state index >= 15 is 0 Å². The van der Waals surface area contributed by atoms with Crippen molar-refractivity contribution in [3.05, 3.63) is 29.6 Å². The number of carbonyl (C=O) groups is 1. The van der Waals surface area contributed by atoms with Crippen LogP contribution in [0.2, 0.25) is 0 Å². The summed E-state index contributed by atoms with van der Waals surface area (Å²) in [5.74, 6) is 5.69. The number of nitrogens with zero attached hydrogens (tertiary/aromatic N) is 3. The summed E-state index contributed by atoms with van der Waals surface area (Å²) in [6, 6.07) is 3.85. The highest BCUT2D eigenvalue weighted by Gasteiger charge is 2.30. The van der Waals surface area contributed by atoms with Crippen LogP contribution in [0.15, 0.2) is 18.3 Å². The van der Waals surface area contributed by atoms with Crippen molar-refractivity contribution in [3.63, 3.8) is 0 Å². The van der Waals surface area contributed by atoms with Gasteiger partial charge in [-0.3, -0.25) is 4.79 Å². The molecular formula is C16H22N4O. The van der Waals surface area contributed by atoms with Crippen LogP contribution >= 0.6 is 0 Å². The lowest BCUT2D eigenvalue weighted by Gasteiger charge is -2.26. The van der Waals surface area contributed by atoms with Crippen LogP contribution in [0.3, 0.4) is 0 Å². The average Bonchev–Trinajstić information content (AvgIpc) is 2.92. The Morgan fingerprint density at radius 3 is 2.95 bits per heavy atom. The fourth-order valence-corrected chi connectivity index (χ4v) is 2.61. The molecule has 1 aromatic heterocycles. The second kappa shape index (κ2) is 7.21. The van der Waals surface area contributed by atoms with Crippen molar-refractivity contribution in [2.45, 2.75) is 18.9 Å². The van der Waals surface area contributed by atoms with Crippen molar-refractivity contribution < 1.29 is 4.79 Å². The highest BCUT2D eigenvalue weighted by Crippen LogP contribution is 2.20. The third kappa shape index (κ3) is 4.03. The van der Waals surface area contributed by atoms with Crippen LogP contribution in [0.4, 0.5) is 0 Å². The quantitative estimate of drug-likeness (QED) is 0.825. The van der Waals surface area contributed by atoms with Gasteiger partial charge in [0.05, 0.1) is 6.54 Å². The molecule has 112 valence electrons. The largest absolute Gasteiger partial charge is 0.333 e. The Hall–Kier alpha value is -1.90. The molecule has 5 heteroatoms. The van der Waals surface area contributed by atoms with E-state index in [2.05, 4.69) is 21.7 Å². The first-order chi connectivity index (χ1) is 10.1. The lowest BCUT2D eigenvalue weighted by molar-refractivity contribution is 0.0710. The van der Waals surface area contributed by atoms with Crippen LogP contribution in [0.5, 0.6) is 0 Å². The van der Waals surface area contributed by atoms with E-state index in [0.717, 1.165) is 31.5 Å². The van der Waals surface area contributed by atoms with Crippen LogP contribution < -0.4 is 5.73 Å². The molecule has 2 rings (SSSR count). The number of likely N-dealkylation sites (tertiary alicyclic amines) is 1. The number of aromatic nitrogens is 1. The fraction of sp³-hybridized carbons (Fsp3) is 0.500. The average molecular weight is 286 g/mol. The van der Waals surface area contributed by atoms with Crippen molar-refractivity contribution in [2.24, 2.45) is 5.73 Å². The Labute approximate surface area is 126 Å². The monoisotopic (exact) mass is 286 g/mol. The van der Waals surface area contributed by atoms with Crippen LogP contribution in [0.1, 0.15) is 28.9 Å². The smallest absolute Gasteiger partial charge is 0.272 e. The lowest BCUT2D eigenvalue weighted by atomic mass is 10.2. The Balaban J connectivity index is 2.08. The van der Waals surface area contributed by atoms with Gasteiger partial charge in [-0.25, -0.2) is 4.98 Å². The standard InChI is InChI=1S/C16H22N4O/c1-19(2)12-14-6-4-10-20(14)16(21)15-8-7-13(11-18-15)5-3-9-17/h7-8,11,14H,4,6,9-10,12,17H2,1-2H3. The first kappa shape index (κ1) is 15.5. The van der Waals surface area contributed by atoms with Gasteiger partial charge in [0, 0.05) is 30.9 Å². The van der Waals surface area contributed by atoms with E-state index in [-0.39, 0.29) is 11.9 Å². The number of rotatable bonds is 3. The predicted molar refractivity (Wildman–Crippen MR) is 82.8 cm³/mol. The van der Waals surface area contributed by atoms with E-state index in [0.29, 0.717) is 12.2 Å². The minimum Gasteiger partial charge on any atom is -0.333 e. The number of nitrogens with two attached hydrogens (primary N) is 1. The summed E-state index contributed by atoms with van der Waals surface area (Å²) in [6.07, 6.45) is 3.75. The minimum atomic E-state index is 0.0117. The van der Waals surface area contributed by atoms with Gasteiger partial charge in [-0.2, -0.15) is 0 Å². The first-order valence-electron chi connectivity index (χ1n) is 7.22. The van der Waals surface area contributed by atoms with E-state index in [1.165, 1.54) is 0 Å².